The highest BCUT2D eigenvalue weighted by Crippen LogP contribution is 2.53. The summed E-state index contributed by atoms with van der Waals surface area (Å²) in [4.78, 5) is 0. The molecule has 2 saturated carbocycles. The second-order valence-corrected chi connectivity index (χ2v) is 6.52. The summed E-state index contributed by atoms with van der Waals surface area (Å²) in [7, 11) is 2.12. The van der Waals surface area contributed by atoms with Crippen molar-refractivity contribution >= 4 is 0 Å². The van der Waals surface area contributed by atoms with Gasteiger partial charge in [0.2, 0.25) is 0 Å². The van der Waals surface area contributed by atoms with Crippen molar-refractivity contribution in [1.29, 1.82) is 0 Å². The minimum Gasteiger partial charge on any atom is -0.378 e. The molecule has 0 saturated heterocycles. The molecule has 2 aliphatic carbocycles. The smallest absolute Gasteiger partial charge is 0.0661 e. The van der Waals surface area contributed by atoms with Gasteiger partial charge in [0, 0.05) is 43.5 Å². The quantitative estimate of drug-likeness (QED) is 0.893. The fourth-order valence-electron chi connectivity index (χ4n) is 4.26. The molecule has 0 amide bonds. The molecule has 2 atom stereocenters. The average molecular weight is 276 g/mol. The Balaban J connectivity index is 1.62. The van der Waals surface area contributed by atoms with Crippen molar-refractivity contribution < 1.29 is 4.74 Å². The van der Waals surface area contributed by atoms with Crippen LogP contribution in [0.3, 0.4) is 0 Å². The minimum absolute atomic E-state index is 0.430. The van der Waals surface area contributed by atoms with E-state index in [-0.39, 0.29) is 0 Å². The van der Waals surface area contributed by atoms with Crippen LogP contribution in [0.5, 0.6) is 0 Å². The summed E-state index contributed by atoms with van der Waals surface area (Å²) < 4.78 is 8.22. The van der Waals surface area contributed by atoms with Gasteiger partial charge in [0.1, 0.15) is 0 Å². The number of nitrogens with zero attached hydrogens (tertiary/aromatic N) is 1. The van der Waals surface area contributed by atoms with E-state index in [1.165, 1.54) is 44.2 Å². The second kappa shape index (κ2) is 5.90. The van der Waals surface area contributed by atoms with Crippen LogP contribution in [-0.2, 0) is 18.3 Å². The topological polar surface area (TPSA) is 26.2 Å². The molecule has 2 fully saturated rings. The highest BCUT2D eigenvalue weighted by Gasteiger charge is 2.55. The summed E-state index contributed by atoms with van der Waals surface area (Å²) in [6.45, 7) is 3.97. The maximum atomic E-state index is 6.02. The average Bonchev–Trinajstić information content (AvgIpc) is 2.88. The van der Waals surface area contributed by atoms with E-state index in [0.717, 1.165) is 13.2 Å². The Hall–Kier alpha value is -0.800. The van der Waals surface area contributed by atoms with E-state index in [1.54, 1.807) is 0 Å². The summed E-state index contributed by atoms with van der Waals surface area (Å²) in [5.74, 6) is 0. The van der Waals surface area contributed by atoms with E-state index >= 15 is 0 Å². The number of aryl methyl sites for hydroxylation is 1. The first-order valence-corrected chi connectivity index (χ1v) is 8.21. The van der Waals surface area contributed by atoms with E-state index in [0.29, 0.717) is 17.6 Å². The van der Waals surface area contributed by atoms with E-state index in [2.05, 4.69) is 42.2 Å². The van der Waals surface area contributed by atoms with Gasteiger partial charge in [-0.1, -0.05) is 19.3 Å². The highest BCUT2D eigenvalue weighted by atomic mass is 16.5. The van der Waals surface area contributed by atoms with Gasteiger partial charge in [-0.2, -0.15) is 0 Å². The van der Waals surface area contributed by atoms with Crippen LogP contribution in [0.4, 0.5) is 0 Å². The fourth-order valence-corrected chi connectivity index (χ4v) is 4.26. The fraction of sp³-hybridized carbons (Fsp3) is 0.765. The van der Waals surface area contributed by atoms with Crippen molar-refractivity contribution in [3.05, 3.63) is 24.0 Å². The Bertz CT molecular complexity index is 434. The van der Waals surface area contributed by atoms with E-state index in [9.17, 15) is 0 Å². The highest BCUT2D eigenvalue weighted by molar-refractivity contribution is 5.11. The van der Waals surface area contributed by atoms with Crippen LogP contribution in [0, 0.1) is 5.41 Å². The molecular formula is C17H28N2O. The molecule has 0 radical (unpaired) electrons. The maximum Gasteiger partial charge on any atom is 0.0661 e. The first-order chi connectivity index (χ1) is 9.76. The molecule has 3 heteroatoms. The molecule has 20 heavy (non-hydrogen) atoms. The summed E-state index contributed by atoms with van der Waals surface area (Å²) >= 11 is 0. The van der Waals surface area contributed by atoms with E-state index in [4.69, 9.17) is 4.74 Å². The normalized spacial score (nSPS) is 28.5. The van der Waals surface area contributed by atoms with Crippen LogP contribution in [0.1, 0.15) is 51.1 Å². The summed E-state index contributed by atoms with van der Waals surface area (Å²) in [5.41, 5.74) is 1.80. The molecule has 0 aliphatic heterocycles. The number of hydrogen-bond acceptors (Lipinski definition) is 2. The molecule has 2 aliphatic rings. The van der Waals surface area contributed by atoms with Gasteiger partial charge >= 0.3 is 0 Å². The standard InChI is InChI=1S/C17H28N2O/c1-3-20-16-12-15(17(16)9-5-4-6-10-17)18-13-14-8-7-11-19(14)2/h7-8,11,15-16,18H,3-6,9-10,12-13H2,1-2H3/t15-,16+/m0/s1. The third kappa shape index (κ3) is 2.42. The first kappa shape index (κ1) is 14.2. The Labute approximate surface area is 122 Å². The van der Waals surface area contributed by atoms with Crippen molar-refractivity contribution in [2.75, 3.05) is 6.61 Å². The Kier molecular flexibility index (Phi) is 4.18. The van der Waals surface area contributed by atoms with Crippen molar-refractivity contribution in [1.82, 2.24) is 9.88 Å². The van der Waals surface area contributed by atoms with Gasteiger partial charge < -0.3 is 14.6 Å². The molecule has 112 valence electrons. The number of hydrogen-bond donors (Lipinski definition) is 1. The summed E-state index contributed by atoms with van der Waals surface area (Å²) in [5, 5.41) is 3.81. The van der Waals surface area contributed by atoms with Crippen LogP contribution >= 0.6 is 0 Å². The van der Waals surface area contributed by atoms with Crippen LogP contribution in [0.15, 0.2) is 18.3 Å². The second-order valence-electron chi connectivity index (χ2n) is 6.52. The van der Waals surface area contributed by atoms with Crippen LogP contribution in [-0.4, -0.2) is 23.3 Å². The zero-order valence-corrected chi connectivity index (χ0v) is 12.9. The van der Waals surface area contributed by atoms with Crippen molar-refractivity contribution in [3.63, 3.8) is 0 Å². The number of rotatable bonds is 5. The largest absolute Gasteiger partial charge is 0.378 e. The Morgan fingerprint density at radius 3 is 2.80 bits per heavy atom. The Morgan fingerprint density at radius 2 is 2.15 bits per heavy atom. The first-order valence-electron chi connectivity index (χ1n) is 8.21. The molecule has 1 N–H and O–H groups in total. The molecule has 0 unspecified atom stereocenters. The summed E-state index contributed by atoms with van der Waals surface area (Å²) in [6.07, 6.45) is 10.7. The molecule has 1 aromatic rings. The molecule has 0 bridgehead atoms. The van der Waals surface area contributed by atoms with Gasteiger partial charge in [0.05, 0.1) is 6.10 Å². The molecular weight excluding hydrogens is 248 g/mol. The molecule has 3 rings (SSSR count). The molecule has 0 aromatic carbocycles. The maximum absolute atomic E-state index is 6.02. The number of aromatic nitrogens is 1. The zero-order valence-electron chi connectivity index (χ0n) is 12.9. The predicted molar refractivity (Wildman–Crippen MR) is 81.6 cm³/mol. The number of ether oxygens (including phenoxy) is 1. The van der Waals surface area contributed by atoms with Crippen molar-refractivity contribution in [3.8, 4) is 0 Å². The monoisotopic (exact) mass is 276 g/mol. The zero-order chi connectivity index (χ0) is 14.0. The lowest BCUT2D eigenvalue weighted by atomic mass is 9.55. The molecule has 1 aromatic heterocycles. The molecule has 1 spiro atoms. The SMILES string of the molecule is CCO[C@@H]1C[C@H](NCc2cccn2C)C12CCCCC2. The van der Waals surface area contributed by atoms with Crippen molar-refractivity contribution in [2.45, 2.75) is 64.1 Å². The van der Waals surface area contributed by atoms with Crippen LogP contribution in [0.25, 0.3) is 0 Å². The van der Waals surface area contributed by atoms with Gasteiger partial charge in [0.25, 0.3) is 0 Å². The Morgan fingerprint density at radius 1 is 1.35 bits per heavy atom. The van der Waals surface area contributed by atoms with Gasteiger partial charge in [-0.15, -0.1) is 0 Å². The van der Waals surface area contributed by atoms with Crippen LogP contribution in [0.2, 0.25) is 0 Å². The molecule has 1 heterocycles. The van der Waals surface area contributed by atoms with Crippen LogP contribution < -0.4 is 5.32 Å². The van der Waals surface area contributed by atoms with Gasteiger partial charge in [-0.05, 0) is 38.3 Å². The predicted octanol–water partition coefficient (Wildman–Crippen LogP) is 3.24. The molecule has 3 nitrogen and oxygen atoms in total. The number of nitrogens with one attached hydrogen (secondary N) is 1. The lowest BCUT2D eigenvalue weighted by Gasteiger charge is -2.58. The third-order valence-corrected chi connectivity index (χ3v) is 5.52. The lowest BCUT2D eigenvalue weighted by Crippen LogP contribution is -2.64. The van der Waals surface area contributed by atoms with E-state index in [1.807, 2.05) is 0 Å². The van der Waals surface area contributed by atoms with Gasteiger partial charge in [-0.3, -0.25) is 0 Å². The van der Waals surface area contributed by atoms with Gasteiger partial charge in [-0.25, -0.2) is 0 Å². The van der Waals surface area contributed by atoms with Crippen molar-refractivity contribution in [2.24, 2.45) is 12.5 Å². The third-order valence-electron chi connectivity index (χ3n) is 5.52. The van der Waals surface area contributed by atoms with Gasteiger partial charge in [0.15, 0.2) is 0 Å². The van der Waals surface area contributed by atoms with E-state index < -0.39 is 0 Å². The summed E-state index contributed by atoms with van der Waals surface area (Å²) in [6, 6.07) is 4.98. The lowest BCUT2D eigenvalue weighted by molar-refractivity contribution is -0.150. The minimum atomic E-state index is 0.430.